The number of para-hydroxylation sites is 1. The number of rotatable bonds is 6. The second-order valence-electron chi connectivity index (χ2n) is 7.03. The predicted octanol–water partition coefficient (Wildman–Crippen LogP) is 4.29. The van der Waals surface area contributed by atoms with E-state index in [1.54, 1.807) is 24.3 Å². The summed E-state index contributed by atoms with van der Waals surface area (Å²) in [5.41, 5.74) is 0.123. The van der Waals surface area contributed by atoms with Crippen LogP contribution >= 0.6 is 11.6 Å². The van der Waals surface area contributed by atoms with E-state index in [1.165, 1.54) is 19.2 Å². The van der Waals surface area contributed by atoms with E-state index in [0.29, 0.717) is 16.8 Å². The molecule has 0 fully saturated rings. The lowest BCUT2D eigenvalue weighted by molar-refractivity contribution is -0.116. The van der Waals surface area contributed by atoms with Gasteiger partial charge in [0.05, 0.1) is 22.8 Å². The highest BCUT2D eigenvalue weighted by Crippen LogP contribution is 2.24. The van der Waals surface area contributed by atoms with Gasteiger partial charge in [-0.1, -0.05) is 23.7 Å². The van der Waals surface area contributed by atoms with Crippen LogP contribution in [0.1, 0.15) is 20.7 Å². The van der Waals surface area contributed by atoms with E-state index in [4.69, 9.17) is 11.6 Å². The molecule has 3 aromatic carbocycles. The van der Waals surface area contributed by atoms with Gasteiger partial charge in [0.2, 0.25) is 5.91 Å². The fourth-order valence-electron chi connectivity index (χ4n) is 2.92. The molecule has 10 heteroatoms. The zero-order valence-corrected chi connectivity index (χ0v) is 18.0. The van der Waals surface area contributed by atoms with Crippen LogP contribution in [0.2, 0.25) is 5.02 Å². The SMILES string of the molecule is CN(CC(=O)Nc1ccccc1Cl)C(=O)c1ccc(NC(=O)c2cc(F)cc(F)c2)cc1O. The molecule has 3 aromatic rings. The molecule has 0 atom stereocenters. The minimum atomic E-state index is -0.912. The number of carbonyl (C=O) groups is 3. The fourth-order valence-corrected chi connectivity index (χ4v) is 3.11. The predicted molar refractivity (Wildman–Crippen MR) is 119 cm³/mol. The van der Waals surface area contributed by atoms with Crippen molar-refractivity contribution in [3.63, 3.8) is 0 Å². The molecule has 3 amide bonds. The van der Waals surface area contributed by atoms with E-state index in [-0.39, 0.29) is 23.4 Å². The number of nitrogens with zero attached hydrogens (tertiary/aromatic N) is 1. The molecule has 0 aromatic heterocycles. The normalized spacial score (nSPS) is 10.4. The summed E-state index contributed by atoms with van der Waals surface area (Å²) in [6.45, 7) is -0.312. The Labute approximate surface area is 192 Å². The molecular formula is C23H18ClF2N3O4. The number of hydrogen-bond acceptors (Lipinski definition) is 4. The number of aromatic hydroxyl groups is 1. The Balaban J connectivity index is 1.65. The van der Waals surface area contributed by atoms with E-state index >= 15 is 0 Å². The first-order valence-corrected chi connectivity index (χ1v) is 9.92. The molecule has 0 saturated heterocycles. The number of nitrogens with one attached hydrogen (secondary N) is 2. The maximum atomic E-state index is 13.3. The Kier molecular flexibility index (Phi) is 7.24. The summed E-state index contributed by atoms with van der Waals surface area (Å²) in [4.78, 5) is 38.2. The first kappa shape index (κ1) is 23.7. The first-order chi connectivity index (χ1) is 15.6. The van der Waals surface area contributed by atoms with Gasteiger partial charge in [-0.05, 0) is 36.4 Å². The molecule has 0 heterocycles. The maximum absolute atomic E-state index is 13.3. The molecule has 3 rings (SSSR count). The van der Waals surface area contributed by atoms with Gasteiger partial charge in [-0.25, -0.2) is 8.78 Å². The summed E-state index contributed by atoms with van der Waals surface area (Å²) in [5, 5.41) is 15.6. The van der Waals surface area contributed by atoms with E-state index < -0.39 is 35.1 Å². The van der Waals surface area contributed by atoms with Crippen molar-refractivity contribution in [2.75, 3.05) is 24.2 Å². The van der Waals surface area contributed by atoms with Crippen LogP contribution in [0.5, 0.6) is 5.75 Å². The lowest BCUT2D eigenvalue weighted by Crippen LogP contribution is -2.35. The third kappa shape index (κ3) is 6.05. The van der Waals surface area contributed by atoms with E-state index in [9.17, 15) is 28.3 Å². The van der Waals surface area contributed by atoms with Gasteiger partial charge in [-0.3, -0.25) is 14.4 Å². The monoisotopic (exact) mass is 473 g/mol. The second kappa shape index (κ2) is 10.1. The zero-order chi connectivity index (χ0) is 24.1. The average Bonchev–Trinajstić information content (AvgIpc) is 2.74. The third-order valence-corrected chi connectivity index (χ3v) is 4.82. The highest BCUT2D eigenvalue weighted by molar-refractivity contribution is 6.33. The molecule has 0 aliphatic rings. The molecule has 0 aliphatic carbocycles. The molecule has 0 saturated carbocycles. The molecule has 7 nitrogen and oxygen atoms in total. The molecule has 0 bridgehead atoms. The van der Waals surface area contributed by atoms with Gasteiger partial charge >= 0.3 is 0 Å². The van der Waals surface area contributed by atoms with Crippen LogP contribution in [0.3, 0.4) is 0 Å². The van der Waals surface area contributed by atoms with Crippen molar-refractivity contribution < 1.29 is 28.3 Å². The molecular weight excluding hydrogens is 456 g/mol. The summed E-state index contributed by atoms with van der Waals surface area (Å²) in [7, 11) is 1.38. The molecule has 0 spiro atoms. The summed E-state index contributed by atoms with van der Waals surface area (Å²) in [5.74, 6) is -4.23. The standard InChI is InChI=1S/C23H18ClF2N3O4/c1-29(12-21(31)28-19-5-3-2-4-18(19)24)23(33)17-7-6-16(11-20(17)30)27-22(32)13-8-14(25)10-15(26)9-13/h2-11,30H,12H2,1H3,(H,27,32)(H,28,31). The van der Waals surface area contributed by atoms with Crippen LogP contribution < -0.4 is 10.6 Å². The number of benzene rings is 3. The van der Waals surface area contributed by atoms with E-state index in [0.717, 1.165) is 23.1 Å². The number of amides is 3. The number of carbonyl (C=O) groups excluding carboxylic acids is 3. The molecule has 0 radical (unpaired) electrons. The third-order valence-electron chi connectivity index (χ3n) is 4.49. The largest absolute Gasteiger partial charge is 0.507 e. The minimum Gasteiger partial charge on any atom is -0.507 e. The topological polar surface area (TPSA) is 98.7 Å². The van der Waals surface area contributed by atoms with Crippen LogP contribution in [0.15, 0.2) is 60.7 Å². The van der Waals surface area contributed by atoms with Gasteiger partial charge in [0, 0.05) is 30.4 Å². The lowest BCUT2D eigenvalue weighted by Gasteiger charge is -2.18. The fraction of sp³-hybridized carbons (Fsp3) is 0.0870. The van der Waals surface area contributed by atoms with Crippen LogP contribution in [-0.4, -0.2) is 41.3 Å². The van der Waals surface area contributed by atoms with Crippen LogP contribution in [0.25, 0.3) is 0 Å². The number of likely N-dealkylation sites (N-methyl/N-ethyl adjacent to an activating group) is 1. The van der Waals surface area contributed by atoms with Crippen LogP contribution in [-0.2, 0) is 4.79 Å². The van der Waals surface area contributed by atoms with E-state index in [1.807, 2.05) is 0 Å². The zero-order valence-electron chi connectivity index (χ0n) is 17.2. The first-order valence-electron chi connectivity index (χ1n) is 9.54. The summed E-state index contributed by atoms with van der Waals surface area (Å²) >= 11 is 5.99. The van der Waals surface area contributed by atoms with Crippen molar-refractivity contribution in [2.24, 2.45) is 0 Å². The molecule has 0 unspecified atom stereocenters. The lowest BCUT2D eigenvalue weighted by atomic mass is 10.1. The molecule has 33 heavy (non-hydrogen) atoms. The average molecular weight is 474 g/mol. The highest BCUT2D eigenvalue weighted by atomic mass is 35.5. The Hall–Kier alpha value is -3.98. The van der Waals surface area contributed by atoms with Gasteiger partial charge in [-0.15, -0.1) is 0 Å². The van der Waals surface area contributed by atoms with Crippen molar-refractivity contribution in [3.8, 4) is 5.75 Å². The minimum absolute atomic E-state index is 0.0952. The highest BCUT2D eigenvalue weighted by Gasteiger charge is 2.19. The van der Waals surface area contributed by atoms with Crippen LogP contribution in [0, 0.1) is 11.6 Å². The Morgan fingerprint density at radius 3 is 2.27 bits per heavy atom. The smallest absolute Gasteiger partial charge is 0.257 e. The number of anilines is 2. The number of halogens is 3. The second-order valence-corrected chi connectivity index (χ2v) is 7.44. The number of phenolic OH excluding ortho intramolecular Hbond substituents is 1. The van der Waals surface area contributed by atoms with Crippen molar-refractivity contribution in [1.29, 1.82) is 0 Å². The van der Waals surface area contributed by atoms with Gasteiger partial charge in [0.25, 0.3) is 11.8 Å². The van der Waals surface area contributed by atoms with Gasteiger partial charge in [0.1, 0.15) is 17.4 Å². The summed E-state index contributed by atoms with van der Waals surface area (Å²) in [6.07, 6.45) is 0. The Morgan fingerprint density at radius 2 is 1.64 bits per heavy atom. The number of hydrogen-bond donors (Lipinski definition) is 3. The van der Waals surface area contributed by atoms with Gasteiger partial charge in [-0.2, -0.15) is 0 Å². The molecule has 0 aliphatic heterocycles. The number of phenols is 1. The molecule has 3 N–H and O–H groups in total. The van der Waals surface area contributed by atoms with Crippen molar-refractivity contribution >= 4 is 40.7 Å². The quantitative estimate of drug-likeness (QED) is 0.497. The van der Waals surface area contributed by atoms with Crippen molar-refractivity contribution in [3.05, 3.63) is 88.4 Å². The van der Waals surface area contributed by atoms with E-state index in [2.05, 4.69) is 10.6 Å². The van der Waals surface area contributed by atoms with Crippen molar-refractivity contribution in [1.82, 2.24) is 4.90 Å². The molecule has 170 valence electrons. The van der Waals surface area contributed by atoms with Gasteiger partial charge < -0.3 is 20.6 Å². The van der Waals surface area contributed by atoms with Crippen LogP contribution in [0.4, 0.5) is 20.2 Å². The summed E-state index contributed by atoms with van der Waals surface area (Å²) in [6, 6.07) is 12.7. The Bertz CT molecular complexity index is 1220. The Morgan fingerprint density at radius 1 is 0.970 bits per heavy atom. The van der Waals surface area contributed by atoms with Gasteiger partial charge in [0.15, 0.2) is 0 Å². The van der Waals surface area contributed by atoms with Crippen molar-refractivity contribution in [2.45, 2.75) is 0 Å². The summed E-state index contributed by atoms with van der Waals surface area (Å²) < 4.78 is 26.6. The maximum Gasteiger partial charge on any atom is 0.257 e.